The van der Waals surface area contributed by atoms with E-state index in [4.69, 9.17) is 4.99 Å². The van der Waals surface area contributed by atoms with Gasteiger partial charge in [-0.2, -0.15) is 0 Å². The molecule has 0 saturated heterocycles. The maximum absolute atomic E-state index is 4.74. The molecule has 0 spiro atoms. The van der Waals surface area contributed by atoms with Crippen molar-refractivity contribution < 1.29 is 0 Å². The molecular weight excluding hydrogens is 350 g/mol. The van der Waals surface area contributed by atoms with Crippen molar-refractivity contribution in [3.05, 3.63) is 47.7 Å². The van der Waals surface area contributed by atoms with Crippen LogP contribution >= 0.6 is 0 Å². The summed E-state index contributed by atoms with van der Waals surface area (Å²) in [6.45, 7) is 9.55. The number of aromatic nitrogens is 4. The van der Waals surface area contributed by atoms with Crippen molar-refractivity contribution in [2.75, 3.05) is 19.6 Å². The molecule has 3 rings (SSSR count). The van der Waals surface area contributed by atoms with Gasteiger partial charge in [-0.3, -0.25) is 4.99 Å². The highest BCUT2D eigenvalue weighted by molar-refractivity contribution is 5.86. The second kappa shape index (κ2) is 9.92. The van der Waals surface area contributed by atoms with Crippen LogP contribution < -0.4 is 10.6 Å². The Labute approximate surface area is 166 Å². The summed E-state index contributed by atoms with van der Waals surface area (Å²) in [6, 6.07) is 6.52. The van der Waals surface area contributed by atoms with Gasteiger partial charge in [-0.1, -0.05) is 32.0 Å². The quantitative estimate of drug-likeness (QED) is 0.393. The van der Waals surface area contributed by atoms with Gasteiger partial charge in [0.25, 0.3) is 0 Å². The van der Waals surface area contributed by atoms with Crippen molar-refractivity contribution in [2.45, 2.75) is 46.6 Å². The number of fused-ring (bicyclic) bond motifs is 1. The molecule has 0 aliphatic rings. The first-order valence-electron chi connectivity index (χ1n) is 10.2. The predicted molar refractivity (Wildman–Crippen MR) is 115 cm³/mol. The number of rotatable bonds is 9. The van der Waals surface area contributed by atoms with Gasteiger partial charge in [0.1, 0.15) is 12.2 Å². The molecule has 28 heavy (non-hydrogen) atoms. The number of nitrogens with one attached hydrogen (secondary N) is 3. The summed E-state index contributed by atoms with van der Waals surface area (Å²) < 4.78 is 2.08. The summed E-state index contributed by atoms with van der Waals surface area (Å²) in [5, 5.41) is 16.1. The van der Waals surface area contributed by atoms with Crippen LogP contribution in [0.4, 0.5) is 0 Å². The SMILES string of the molecule is CCNC(=NCCc1c[nH]c2c(CC)cccc12)NCCn1cnnc1CC. The van der Waals surface area contributed by atoms with Crippen molar-refractivity contribution in [3.63, 3.8) is 0 Å². The van der Waals surface area contributed by atoms with E-state index in [1.165, 1.54) is 22.0 Å². The van der Waals surface area contributed by atoms with E-state index >= 15 is 0 Å². The Balaban J connectivity index is 1.57. The van der Waals surface area contributed by atoms with E-state index in [-0.39, 0.29) is 0 Å². The molecule has 3 N–H and O–H groups in total. The van der Waals surface area contributed by atoms with Crippen LogP contribution in [0.3, 0.4) is 0 Å². The highest BCUT2D eigenvalue weighted by Gasteiger charge is 2.07. The molecule has 7 heteroatoms. The number of para-hydroxylation sites is 1. The van der Waals surface area contributed by atoms with Crippen LogP contribution in [0, 0.1) is 0 Å². The summed E-state index contributed by atoms with van der Waals surface area (Å²) in [6.07, 6.45) is 6.74. The van der Waals surface area contributed by atoms with Gasteiger partial charge in [-0.05, 0) is 30.9 Å². The van der Waals surface area contributed by atoms with Gasteiger partial charge in [-0.15, -0.1) is 10.2 Å². The molecule has 2 aromatic heterocycles. The third-order valence-corrected chi connectivity index (χ3v) is 4.92. The minimum atomic E-state index is 0.742. The molecule has 150 valence electrons. The predicted octanol–water partition coefficient (Wildman–Crippen LogP) is 2.68. The Bertz CT molecular complexity index is 907. The van der Waals surface area contributed by atoms with Crippen LogP contribution in [0.25, 0.3) is 10.9 Å². The lowest BCUT2D eigenvalue weighted by Crippen LogP contribution is -2.39. The van der Waals surface area contributed by atoms with Crippen molar-refractivity contribution in [1.82, 2.24) is 30.4 Å². The molecule has 0 radical (unpaired) electrons. The van der Waals surface area contributed by atoms with Gasteiger partial charge in [-0.25, -0.2) is 0 Å². The number of aromatic amines is 1. The Kier molecular flexibility index (Phi) is 7.06. The third kappa shape index (κ3) is 4.71. The van der Waals surface area contributed by atoms with E-state index in [0.717, 1.165) is 57.2 Å². The maximum Gasteiger partial charge on any atom is 0.191 e. The first-order valence-corrected chi connectivity index (χ1v) is 10.2. The van der Waals surface area contributed by atoms with Crippen LogP contribution in [0.5, 0.6) is 0 Å². The van der Waals surface area contributed by atoms with E-state index in [0.29, 0.717) is 0 Å². The van der Waals surface area contributed by atoms with Crippen molar-refractivity contribution in [3.8, 4) is 0 Å². The zero-order valence-electron chi connectivity index (χ0n) is 17.1. The minimum Gasteiger partial charge on any atom is -0.361 e. The number of aryl methyl sites for hydroxylation is 2. The molecule has 0 aliphatic heterocycles. The van der Waals surface area contributed by atoms with E-state index in [9.17, 15) is 0 Å². The number of aliphatic imine (C=N–C) groups is 1. The zero-order chi connectivity index (χ0) is 19.8. The fourth-order valence-electron chi connectivity index (χ4n) is 3.44. The van der Waals surface area contributed by atoms with E-state index < -0.39 is 0 Å². The van der Waals surface area contributed by atoms with Gasteiger partial charge < -0.3 is 20.2 Å². The summed E-state index contributed by atoms with van der Waals surface area (Å²) in [5.74, 6) is 1.86. The lowest BCUT2D eigenvalue weighted by atomic mass is 10.1. The number of hydrogen-bond donors (Lipinski definition) is 3. The molecule has 0 atom stereocenters. The van der Waals surface area contributed by atoms with Crippen molar-refractivity contribution >= 4 is 16.9 Å². The molecule has 0 fully saturated rings. The highest BCUT2D eigenvalue weighted by Crippen LogP contribution is 2.22. The molecule has 0 unspecified atom stereocenters. The Hall–Kier alpha value is -2.83. The van der Waals surface area contributed by atoms with Gasteiger partial charge in [0.15, 0.2) is 5.96 Å². The molecular formula is C21H31N7. The van der Waals surface area contributed by atoms with Crippen LogP contribution in [0.2, 0.25) is 0 Å². The van der Waals surface area contributed by atoms with Crippen molar-refractivity contribution in [2.24, 2.45) is 4.99 Å². The van der Waals surface area contributed by atoms with Crippen molar-refractivity contribution in [1.29, 1.82) is 0 Å². The first kappa shape index (κ1) is 19.9. The second-order valence-electron chi connectivity index (χ2n) is 6.74. The third-order valence-electron chi connectivity index (χ3n) is 4.92. The average Bonchev–Trinajstić information content (AvgIpc) is 3.34. The number of nitrogens with zero attached hydrogens (tertiary/aromatic N) is 4. The minimum absolute atomic E-state index is 0.742. The molecule has 0 aliphatic carbocycles. The molecule has 0 saturated carbocycles. The van der Waals surface area contributed by atoms with Gasteiger partial charge >= 0.3 is 0 Å². The Morgan fingerprint density at radius 1 is 1.14 bits per heavy atom. The topological polar surface area (TPSA) is 82.9 Å². The molecule has 3 aromatic rings. The first-order chi connectivity index (χ1) is 13.8. The van der Waals surface area contributed by atoms with E-state index in [2.05, 4.69) is 75.5 Å². The zero-order valence-corrected chi connectivity index (χ0v) is 17.1. The number of H-pyrrole nitrogens is 1. The lowest BCUT2D eigenvalue weighted by Gasteiger charge is -2.12. The van der Waals surface area contributed by atoms with Crippen LogP contribution in [-0.2, 0) is 25.8 Å². The molecule has 0 bridgehead atoms. The smallest absolute Gasteiger partial charge is 0.191 e. The molecule has 1 aromatic carbocycles. The number of hydrogen-bond acceptors (Lipinski definition) is 3. The van der Waals surface area contributed by atoms with Crippen LogP contribution in [-0.4, -0.2) is 45.3 Å². The second-order valence-corrected chi connectivity index (χ2v) is 6.74. The summed E-state index contributed by atoms with van der Waals surface area (Å²) in [7, 11) is 0. The molecule has 0 amide bonds. The summed E-state index contributed by atoms with van der Waals surface area (Å²) >= 11 is 0. The van der Waals surface area contributed by atoms with Gasteiger partial charge in [0.05, 0.1) is 0 Å². The highest BCUT2D eigenvalue weighted by atomic mass is 15.3. The number of guanidine groups is 1. The van der Waals surface area contributed by atoms with Gasteiger partial charge in [0, 0.05) is 49.7 Å². The summed E-state index contributed by atoms with van der Waals surface area (Å²) in [4.78, 5) is 8.18. The monoisotopic (exact) mass is 381 g/mol. The Morgan fingerprint density at radius 3 is 2.82 bits per heavy atom. The summed E-state index contributed by atoms with van der Waals surface area (Å²) in [5.41, 5.74) is 3.94. The standard InChI is InChI=1S/C21H31N7/c1-4-16-8-7-9-18-17(14-25-20(16)18)10-11-23-21(22-6-3)24-12-13-28-15-26-27-19(28)5-2/h7-9,14-15,25H,4-6,10-13H2,1-3H3,(H2,22,23,24). The van der Waals surface area contributed by atoms with E-state index in [1.807, 2.05) is 0 Å². The number of benzene rings is 1. The Morgan fingerprint density at radius 2 is 2.04 bits per heavy atom. The van der Waals surface area contributed by atoms with Gasteiger partial charge in [0.2, 0.25) is 0 Å². The molecule has 2 heterocycles. The normalized spacial score (nSPS) is 11.9. The molecule has 7 nitrogen and oxygen atoms in total. The van der Waals surface area contributed by atoms with Crippen LogP contribution in [0.15, 0.2) is 35.7 Å². The van der Waals surface area contributed by atoms with Crippen LogP contribution in [0.1, 0.15) is 37.7 Å². The fraction of sp³-hybridized carbons (Fsp3) is 0.476. The largest absolute Gasteiger partial charge is 0.361 e. The fourth-order valence-corrected chi connectivity index (χ4v) is 3.44. The van der Waals surface area contributed by atoms with E-state index in [1.54, 1.807) is 6.33 Å². The lowest BCUT2D eigenvalue weighted by molar-refractivity contribution is 0.632. The maximum atomic E-state index is 4.74. The average molecular weight is 382 g/mol.